The molecule has 2 aliphatic rings. The van der Waals surface area contributed by atoms with E-state index in [0.29, 0.717) is 19.6 Å². The molecule has 0 aromatic rings. The lowest BCUT2D eigenvalue weighted by molar-refractivity contribution is -0.389. The minimum atomic E-state index is -1.08. The van der Waals surface area contributed by atoms with E-state index >= 15 is 0 Å². The van der Waals surface area contributed by atoms with Gasteiger partial charge in [-0.1, -0.05) is 18.2 Å². The van der Waals surface area contributed by atoms with Crippen molar-refractivity contribution in [1.82, 2.24) is 0 Å². The van der Waals surface area contributed by atoms with Crippen molar-refractivity contribution in [2.45, 2.75) is 37.3 Å². The lowest BCUT2D eigenvalue weighted by Crippen LogP contribution is -2.61. The van der Waals surface area contributed by atoms with Gasteiger partial charge in [-0.3, -0.25) is 0 Å². The summed E-state index contributed by atoms with van der Waals surface area (Å²) in [6, 6.07) is 0. The molecule has 5 heteroatoms. The summed E-state index contributed by atoms with van der Waals surface area (Å²) in [4.78, 5) is 10.3. The Kier molecular flexibility index (Phi) is 6.08. The highest BCUT2D eigenvalue weighted by atomic mass is 16.8. The number of carbonyl (C=O) groups excluding carboxylic acids is 1. The molecule has 1 fully saturated rings. The van der Waals surface area contributed by atoms with E-state index in [9.17, 15) is 4.79 Å². The van der Waals surface area contributed by atoms with Gasteiger partial charge >= 0.3 is 0 Å². The van der Waals surface area contributed by atoms with Gasteiger partial charge in [0.2, 0.25) is 11.6 Å². The Hall–Kier alpha value is -1.27. The molecule has 0 bridgehead atoms. The zero-order valence-corrected chi connectivity index (χ0v) is 13.2. The topological polar surface area (TPSA) is 54.0 Å². The van der Waals surface area contributed by atoms with Crippen molar-refractivity contribution >= 4 is 6.29 Å². The van der Waals surface area contributed by atoms with Crippen LogP contribution in [0.15, 0.2) is 36.0 Å². The van der Waals surface area contributed by atoms with E-state index in [4.69, 9.17) is 18.9 Å². The molecule has 1 heterocycles. The van der Waals surface area contributed by atoms with E-state index in [2.05, 4.69) is 6.08 Å². The van der Waals surface area contributed by atoms with Crippen LogP contribution in [-0.2, 0) is 23.7 Å². The van der Waals surface area contributed by atoms with Gasteiger partial charge in [0.15, 0.2) is 0 Å². The highest BCUT2D eigenvalue weighted by molar-refractivity contribution is 5.48. The summed E-state index contributed by atoms with van der Waals surface area (Å²) in [5.74, 6) is -2.16. The van der Waals surface area contributed by atoms with Crippen LogP contribution in [0.25, 0.3) is 0 Å². The maximum atomic E-state index is 10.3. The van der Waals surface area contributed by atoms with Crippen molar-refractivity contribution in [3.05, 3.63) is 36.0 Å². The van der Waals surface area contributed by atoms with Gasteiger partial charge < -0.3 is 23.7 Å². The van der Waals surface area contributed by atoms with Crippen molar-refractivity contribution in [3.8, 4) is 0 Å². The first kappa shape index (κ1) is 17.1. The van der Waals surface area contributed by atoms with Gasteiger partial charge in [-0.25, -0.2) is 0 Å². The van der Waals surface area contributed by atoms with Crippen LogP contribution in [0.4, 0.5) is 0 Å². The number of fused-ring (bicyclic) bond motifs is 1. The molecule has 0 aromatic heterocycles. The molecule has 0 spiro atoms. The standard InChI is InChI=1S/C17H24O5/c1-19-16-10-8-15(7-5-3-4-6-12-18)9-11-17(16,20-2)22-14-13-21-16/h7-12H,3-6,13-14H2,1-2H3/t16-,17-/m0/s1. The third-order valence-electron chi connectivity index (χ3n) is 3.96. The summed E-state index contributed by atoms with van der Waals surface area (Å²) in [7, 11) is 3.16. The molecule has 0 amide bonds. The van der Waals surface area contributed by atoms with E-state index < -0.39 is 11.6 Å². The molecule has 0 unspecified atom stereocenters. The van der Waals surface area contributed by atoms with Crippen molar-refractivity contribution in [2.24, 2.45) is 0 Å². The fourth-order valence-corrected chi connectivity index (χ4v) is 2.70. The molecule has 0 N–H and O–H groups in total. The number of carbonyl (C=O) groups is 1. The van der Waals surface area contributed by atoms with Crippen molar-refractivity contribution in [2.75, 3.05) is 27.4 Å². The summed E-state index contributed by atoms with van der Waals surface area (Å²) < 4.78 is 22.8. The Morgan fingerprint density at radius 2 is 1.59 bits per heavy atom. The van der Waals surface area contributed by atoms with Crippen LogP contribution >= 0.6 is 0 Å². The van der Waals surface area contributed by atoms with Crippen LogP contribution in [0.2, 0.25) is 0 Å². The van der Waals surface area contributed by atoms with Crippen molar-refractivity contribution in [1.29, 1.82) is 0 Å². The van der Waals surface area contributed by atoms with Crippen molar-refractivity contribution in [3.63, 3.8) is 0 Å². The minimum Gasteiger partial charge on any atom is -0.345 e. The number of ether oxygens (including phenoxy) is 4. The van der Waals surface area contributed by atoms with Gasteiger partial charge in [0, 0.05) is 20.6 Å². The third kappa shape index (κ3) is 3.38. The van der Waals surface area contributed by atoms with Gasteiger partial charge in [0.25, 0.3) is 0 Å². The Bertz CT molecular complexity index is 436. The number of unbranched alkanes of at least 4 members (excludes halogenated alkanes) is 3. The number of rotatable bonds is 7. The van der Waals surface area contributed by atoms with Crippen LogP contribution in [0, 0.1) is 0 Å². The van der Waals surface area contributed by atoms with Crippen LogP contribution in [0.5, 0.6) is 0 Å². The fraction of sp³-hybridized carbons (Fsp3) is 0.588. The smallest absolute Gasteiger partial charge is 0.248 e. The second kappa shape index (κ2) is 7.83. The predicted molar refractivity (Wildman–Crippen MR) is 82.3 cm³/mol. The molecule has 22 heavy (non-hydrogen) atoms. The van der Waals surface area contributed by atoms with Crippen molar-refractivity contribution < 1.29 is 23.7 Å². The predicted octanol–water partition coefficient (Wildman–Crippen LogP) is 2.53. The molecule has 0 aromatic carbocycles. The zero-order chi connectivity index (χ0) is 15.9. The number of allylic oxidation sites excluding steroid dienone is 4. The first-order chi connectivity index (χ1) is 10.7. The highest BCUT2D eigenvalue weighted by Gasteiger charge is 2.55. The van der Waals surface area contributed by atoms with Gasteiger partial charge in [-0.2, -0.15) is 0 Å². The maximum Gasteiger partial charge on any atom is 0.248 e. The molecule has 2 atom stereocenters. The summed E-state index contributed by atoms with van der Waals surface area (Å²) in [6.45, 7) is 0.893. The summed E-state index contributed by atoms with van der Waals surface area (Å²) in [5.41, 5.74) is 1.04. The number of methoxy groups -OCH3 is 2. The molecular weight excluding hydrogens is 284 g/mol. The van der Waals surface area contributed by atoms with Crippen LogP contribution < -0.4 is 0 Å². The highest BCUT2D eigenvalue weighted by Crippen LogP contribution is 2.39. The van der Waals surface area contributed by atoms with Crippen LogP contribution in [0.3, 0.4) is 0 Å². The molecule has 2 rings (SSSR count). The van der Waals surface area contributed by atoms with E-state index in [-0.39, 0.29) is 0 Å². The molecule has 1 saturated heterocycles. The van der Waals surface area contributed by atoms with E-state index in [1.54, 1.807) is 14.2 Å². The Labute approximate surface area is 131 Å². The number of hydrogen-bond donors (Lipinski definition) is 0. The fourth-order valence-electron chi connectivity index (χ4n) is 2.70. The second-order valence-corrected chi connectivity index (χ2v) is 5.26. The lowest BCUT2D eigenvalue weighted by atomic mass is 10.0. The molecule has 1 aliphatic carbocycles. The third-order valence-corrected chi connectivity index (χ3v) is 3.96. The van der Waals surface area contributed by atoms with E-state index in [1.165, 1.54) is 0 Å². The lowest BCUT2D eigenvalue weighted by Gasteiger charge is -2.46. The SMILES string of the molecule is CO[C@]12C=CC(=CCCCCC=O)C=C[C@]1(OC)OCCO2. The average molecular weight is 308 g/mol. The number of hydrogen-bond acceptors (Lipinski definition) is 5. The first-order valence-corrected chi connectivity index (χ1v) is 7.62. The molecular formula is C17H24O5. The first-order valence-electron chi connectivity index (χ1n) is 7.62. The summed E-state index contributed by atoms with van der Waals surface area (Å²) >= 11 is 0. The quantitative estimate of drug-likeness (QED) is 0.534. The molecule has 5 nitrogen and oxygen atoms in total. The molecule has 0 saturated carbocycles. The van der Waals surface area contributed by atoms with E-state index in [1.807, 2.05) is 24.3 Å². The number of aldehydes is 1. The Morgan fingerprint density at radius 3 is 2.09 bits per heavy atom. The Morgan fingerprint density at radius 1 is 1.05 bits per heavy atom. The van der Waals surface area contributed by atoms with Crippen LogP contribution in [0.1, 0.15) is 25.7 Å². The monoisotopic (exact) mass is 308 g/mol. The molecule has 122 valence electrons. The van der Waals surface area contributed by atoms with Gasteiger partial charge in [-0.15, -0.1) is 0 Å². The maximum absolute atomic E-state index is 10.3. The summed E-state index contributed by atoms with van der Waals surface area (Å²) in [6.07, 6.45) is 14.1. The normalized spacial score (nSPS) is 30.7. The average Bonchev–Trinajstić information content (AvgIpc) is 2.73. The largest absolute Gasteiger partial charge is 0.345 e. The van der Waals surface area contributed by atoms with Crippen LogP contribution in [-0.4, -0.2) is 45.3 Å². The van der Waals surface area contributed by atoms with Gasteiger partial charge in [0.05, 0.1) is 13.2 Å². The second-order valence-electron chi connectivity index (χ2n) is 5.26. The van der Waals surface area contributed by atoms with Gasteiger partial charge in [0.1, 0.15) is 6.29 Å². The Balaban J connectivity index is 2.16. The molecule has 1 aliphatic heterocycles. The minimum absolute atomic E-state index is 0.446. The zero-order valence-electron chi connectivity index (χ0n) is 13.2. The summed E-state index contributed by atoms with van der Waals surface area (Å²) in [5, 5.41) is 0. The van der Waals surface area contributed by atoms with Gasteiger partial charge in [-0.05, 0) is 37.0 Å². The molecule has 0 radical (unpaired) electrons. The van der Waals surface area contributed by atoms with E-state index in [0.717, 1.165) is 31.1 Å².